The first kappa shape index (κ1) is 21.7. The molecule has 32 heavy (non-hydrogen) atoms. The van der Waals surface area contributed by atoms with E-state index in [1.807, 2.05) is 13.1 Å². The molecule has 6 unspecified atom stereocenters. The number of carbonyl (C=O) groups excluding carboxylic acids is 2. The molecule has 0 aromatic carbocycles. The number of esters is 1. The van der Waals surface area contributed by atoms with E-state index in [2.05, 4.69) is 47.1 Å². The average molecular weight is 440 g/mol. The number of fused-ring (bicyclic) bond motifs is 7. The third-order valence-electron chi connectivity index (χ3n) is 9.88. The number of allylic oxidation sites excluding steroid dienone is 1. The fourth-order valence-corrected chi connectivity index (χ4v) is 8.19. The summed E-state index contributed by atoms with van der Waals surface area (Å²) in [5, 5.41) is 3.02. The lowest BCUT2D eigenvalue weighted by atomic mass is 9.48. The van der Waals surface area contributed by atoms with Crippen molar-refractivity contribution in [1.82, 2.24) is 14.9 Å². The molecular weight excluding hydrogens is 402 g/mol. The van der Waals surface area contributed by atoms with Crippen LogP contribution in [0.25, 0.3) is 6.08 Å². The molecule has 174 valence electrons. The van der Waals surface area contributed by atoms with Crippen molar-refractivity contribution >= 4 is 18.0 Å². The number of nitrogens with zero attached hydrogens (tertiary/aromatic N) is 2. The van der Waals surface area contributed by atoms with Crippen molar-refractivity contribution in [3.63, 3.8) is 0 Å². The molecule has 0 radical (unpaired) electrons. The third kappa shape index (κ3) is 3.01. The molecule has 1 aliphatic heterocycles. The Bertz CT molecular complexity index is 939. The molecular formula is C26H37N3O3. The first-order valence-corrected chi connectivity index (χ1v) is 12.4. The summed E-state index contributed by atoms with van der Waals surface area (Å²) in [7, 11) is 1.38. The highest BCUT2D eigenvalue weighted by Crippen LogP contribution is 2.67. The number of hydrogen-bond acceptors (Lipinski definition) is 4. The molecule has 8 atom stereocenters. The zero-order chi connectivity index (χ0) is 22.7. The summed E-state index contributed by atoms with van der Waals surface area (Å²) in [4.78, 5) is 29.9. The van der Waals surface area contributed by atoms with Gasteiger partial charge in [0, 0.05) is 29.8 Å². The van der Waals surface area contributed by atoms with Gasteiger partial charge in [-0.2, -0.15) is 0 Å². The van der Waals surface area contributed by atoms with Crippen molar-refractivity contribution < 1.29 is 14.3 Å². The summed E-state index contributed by atoms with van der Waals surface area (Å²) < 4.78 is 7.28. The van der Waals surface area contributed by atoms with Crippen LogP contribution in [0, 0.1) is 34.5 Å². The number of nitrogens with one attached hydrogen (secondary N) is 1. The van der Waals surface area contributed by atoms with Crippen molar-refractivity contribution in [2.75, 3.05) is 7.11 Å². The molecule has 0 spiro atoms. The van der Waals surface area contributed by atoms with Crippen LogP contribution in [0.2, 0.25) is 0 Å². The Hall–Kier alpha value is -2.11. The zero-order valence-corrected chi connectivity index (χ0v) is 19.8. The topological polar surface area (TPSA) is 73.2 Å². The highest BCUT2D eigenvalue weighted by atomic mass is 16.5. The van der Waals surface area contributed by atoms with Crippen LogP contribution in [0.3, 0.4) is 0 Å². The number of carbonyl (C=O) groups is 2. The standard InChI is InChI=1S/C26H37N3O3/c1-5-20(24(31)32-4)28-23(30)19-8-7-17-16-6-9-21-26(3,18(16)10-12-25(17,19)2)13-11-22-27-14-15-29(21)22/h11,13-21H,5-10,12H2,1-4H3,(H,28,30)/t16?,17?,18?,19?,20?,21?,25-,26+/m0/s1. The van der Waals surface area contributed by atoms with E-state index in [0.29, 0.717) is 30.2 Å². The van der Waals surface area contributed by atoms with Gasteiger partial charge in [-0.25, -0.2) is 9.78 Å². The lowest BCUT2D eigenvalue weighted by molar-refractivity contribution is -0.147. The Morgan fingerprint density at radius 3 is 2.78 bits per heavy atom. The van der Waals surface area contributed by atoms with E-state index < -0.39 is 6.04 Å². The van der Waals surface area contributed by atoms with Gasteiger partial charge in [-0.3, -0.25) is 4.79 Å². The summed E-state index contributed by atoms with van der Waals surface area (Å²) in [5.74, 6) is 2.65. The Balaban J connectivity index is 1.36. The van der Waals surface area contributed by atoms with Gasteiger partial charge in [-0.15, -0.1) is 0 Å². The van der Waals surface area contributed by atoms with Gasteiger partial charge in [0.1, 0.15) is 11.9 Å². The lowest BCUT2D eigenvalue weighted by Crippen LogP contribution is -2.54. The summed E-state index contributed by atoms with van der Waals surface area (Å²) >= 11 is 0. The molecule has 1 aromatic rings. The molecule has 4 aliphatic rings. The van der Waals surface area contributed by atoms with Crippen LogP contribution >= 0.6 is 0 Å². The number of amides is 1. The molecule has 1 amide bonds. The second-order valence-electron chi connectivity index (χ2n) is 11.0. The van der Waals surface area contributed by atoms with Crippen LogP contribution in [-0.2, 0) is 14.3 Å². The van der Waals surface area contributed by atoms with Crippen molar-refractivity contribution in [3.8, 4) is 0 Å². The van der Waals surface area contributed by atoms with Crippen LogP contribution in [-0.4, -0.2) is 34.6 Å². The fourth-order valence-electron chi connectivity index (χ4n) is 8.19. The van der Waals surface area contributed by atoms with Gasteiger partial charge in [0.15, 0.2) is 0 Å². The quantitative estimate of drug-likeness (QED) is 0.707. The smallest absolute Gasteiger partial charge is 0.328 e. The predicted molar refractivity (Wildman–Crippen MR) is 122 cm³/mol. The summed E-state index contributed by atoms with van der Waals surface area (Å²) in [5.41, 5.74) is 0.165. The molecule has 1 N–H and O–H groups in total. The second-order valence-corrected chi connectivity index (χ2v) is 11.0. The Morgan fingerprint density at radius 1 is 1.22 bits per heavy atom. The van der Waals surface area contributed by atoms with Gasteiger partial charge in [-0.1, -0.05) is 26.8 Å². The van der Waals surface area contributed by atoms with Gasteiger partial charge < -0.3 is 14.6 Å². The molecule has 0 saturated heterocycles. The van der Waals surface area contributed by atoms with E-state index in [9.17, 15) is 9.59 Å². The zero-order valence-electron chi connectivity index (χ0n) is 19.8. The lowest BCUT2D eigenvalue weighted by Gasteiger charge is -2.59. The van der Waals surface area contributed by atoms with E-state index >= 15 is 0 Å². The molecule has 6 nitrogen and oxygen atoms in total. The van der Waals surface area contributed by atoms with E-state index in [0.717, 1.165) is 31.5 Å². The van der Waals surface area contributed by atoms with E-state index in [4.69, 9.17) is 4.74 Å². The number of rotatable bonds is 4. The van der Waals surface area contributed by atoms with Crippen LogP contribution in [0.4, 0.5) is 0 Å². The first-order chi connectivity index (χ1) is 15.3. The van der Waals surface area contributed by atoms with E-state index in [1.165, 1.54) is 20.0 Å². The molecule has 1 aromatic heterocycles. The van der Waals surface area contributed by atoms with Crippen molar-refractivity contribution in [3.05, 3.63) is 24.3 Å². The number of aromatic nitrogens is 2. The van der Waals surface area contributed by atoms with Crippen LogP contribution in [0.15, 0.2) is 18.5 Å². The van der Waals surface area contributed by atoms with Crippen LogP contribution < -0.4 is 5.32 Å². The van der Waals surface area contributed by atoms with Gasteiger partial charge in [-0.05, 0) is 74.2 Å². The highest BCUT2D eigenvalue weighted by Gasteiger charge is 2.61. The number of hydrogen-bond donors (Lipinski definition) is 1. The van der Waals surface area contributed by atoms with Gasteiger partial charge in [0.25, 0.3) is 0 Å². The molecule has 3 fully saturated rings. The molecule has 3 saturated carbocycles. The maximum atomic E-state index is 13.3. The largest absolute Gasteiger partial charge is 0.467 e. The number of imidazole rings is 1. The van der Waals surface area contributed by atoms with Gasteiger partial charge in [0.2, 0.25) is 5.91 Å². The minimum Gasteiger partial charge on any atom is -0.467 e. The Labute approximate surface area is 191 Å². The maximum Gasteiger partial charge on any atom is 0.328 e. The summed E-state index contributed by atoms with van der Waals surface area (Å²) in [6.45, 7) is 6.72. The first-order valence-electron chi connectivity index (χ1n) is 12.4. The van der Waals surface area contributed by atoms with Gasteiger partial charge in [0.05, 0.1) is 7.11 Å². The minimum absolute atomic E-state index is 0.0140. The summed E-state index contributed by atoms with van der Waals surface area (Å²) in [6, 6.07) is -0.0564. The van der Waals surface area contributed by atoms with Crippen molar-refractivity contribution in [2.24, 2.45) is 34.5 Å². The molecule has 2 heterocycles. The van der Waals surface area contributed by atoms with Crippen molar-refractivity contribution in [2.45, 2.75) is 77.8 Å². The highest BCUT2D eigenvalue weighted by molar-refractivity contribution is 5.86. The van der Waals surface area contributed by atoms with Crippen LogP contribution in [0.1, 0.15) is 77.6 Å². The molecule has 6 heteroatoms. The maximum absolute atomic E-state index is 13.3. The Kier molecular flexibility index (Phi) is 5.25. The fraction of sp³-hybridized carbons (Fsp3) is 0.731. The minimum atomic E-state index is -0.544. The van der Waals surface area contributed by atoms with E-state index in [1.54, 1.807) is 0 Å². The SMILES string of the molecule is CCC(NC(=O)C1CCC2C3CCC4n5ccnc5C=C[C@]4(C)C3CC[C@]12C)C(=O)OC. The second kappa shape index (κ2) is 7.74. The Morgan fingerprint density at radius 2 is 2.03 bits per heavy atom. The van der Waals surface area contributed by atoms with Gasteiger partial charge >= 0.3 is 5.97 Å². The van der Waals surface area contributed by atoms with E-state index in [-0.39, 0.29) is 28.6 Å². The predicted octanol–water partition coefficient (Wildman–Crippen LogP) is 4.38. The van der Waals surface area contributed by atoms with Crippen molar-refractivity contribution in [1.29, 1.82) is 0 Å². The molecule has 5 rings (SSSR count). The monoisotopic (exact) mass is 439 g/mol. The normalized spacial score (nSPS) is 40.4. The molecule has 0 bridgehead atoms. The number of methoxy groups -OCH3 is 1. The summed E-state index contributed by atoms with van der Waals surface area (Å²) in [6.07, 6.45) is 16.0. The molecule has 3 aliphatic carbocycles. The van der Waals surface area contributed by atoms with Crippen LogP contribution in [0.5, 0.6) is 0 Å². The average Bonchev–Trinajstić information content (AvgIpc) is 3.40. The third-order valence-corrected chi connectivity index (χ3v) is 9.88. The number of ether oxygens (including phenoxy) is 1.